The van der Waals surface area contributed by atoms with E-state index in [2.05, 4.69) is 29.0 Å². The molecule has 4 nitrogen and oxygen atoms in total. The van der Waals surface area contributed by atoms with Crippen LogP contribution in [-0.2, 0) is 6.54 Å². The summed E-state index contributed by atoms with van der Waals surface area (Å²) < 4.78 is 0. The smallest absolute Gasteiger partial charge is 0.304 e. The number of aromatic amines is 1. The van der Waals surface area contributed by atoms with Crippen LogP contribution in [0.2, 0.25) is 0 Å². The molecular formula is C13H23N3OS. The molecule has 102 valence electrons. The highest BCUT2D eigenvalue weighted by atomic mass is 32.1. The number of rotatable bonds is 4. The van der Waals surface area contributed by atoms with Crippen LogP contribution in [0.15, 0.2) is 10.2 Å². The van der Waals surface area contributed by atoms with E-state index in [1.165, 1.54) is 24.2 Å². The number of nitrogens with zero attached hydrogens (tertiary/aromatic N) is 1. The number of nitrogens with one attached hydrogen (secondary N) is 2. The van der Waals surface area contributed by atoms with Gasteiger partial charge in [0.05, 0.1) is 0 Å². The minimum atomic E-state index is 0.0522. The SMILES string of the molecule is CCC(C)C1CN(Cc2csc(=O)[nH]2)CCCN1. The molecule has 0 radical (unpaired) electrons. The van der Waals surface area contributed by atoms with Crippen LogP contribution in [0.3, 0.4) is 0 Å². The fraction of sp³-hybridized carbons (Fsp3) is 0.769. The topological polar surface area (TPSA) is 48.1 Å². The second-order valence-corrected chi connectivity index (χ2v) is 6.05. The van der Waals surface area contributed by atoms with Crippen molar-refractivity contribution in [3.63, 3.8) is 0 Å². The molecule has 2 N–H and O–H groups in total. The lowest BCUT2D eigenvalue weighted by atomic mass is 9.99. The van der Waals surface area contributed by atoms with Gasteiger partial charge in [0.25, 0.3) is 0 Å². The Hall–Kier alpha value is -0.650. The van der Waals surface area contributed by atoms with E-state index in [0.29, 0.717) is 12.0 Å². The Kier molecular flexibility index (Phi) is 4.97. The molecule has 0 amide bonds. The Morgan fingerprint density at radius 1 is 1.61 bits per heavy atom. The van der Waals surface area contributed by atoms with Crippen LogP contribution >= 0.6 is 11.3 Å². The second-order valence-electron chi connectivity index (χ2n) is 5.21. The molecule has 1 aromatic heterocycles. The highest BCUT2D eigenvalue weighted by Crippen LogP contribution is 2.14. The number of hydrogen-bond acceptors (Lipinski definition) is 4. The van der Waals surface area contributed by atoms with Crippen LogP contribution in [-0.4, -0.2) is 35.6 Å². The summed E-state index contributed by atoms with van der Waals surface area (Å²) in [4.78, 5) is 16.6. The Bertz CT molecular complexity index is 414. The van der Waals surface area contributed by atoms with Crippen molar-refractivity contribution in [3.05, 3.63) is 20.7 Å². The molecule has 5 heteroatoms. The average molecular weight is 269 g/mol. The Balaban J connectivity index is 1.96. The molecule has 2 atom stereocenters. The van der Waals surface area contributed by atoms with Gasteiger partial charge >= 0.3 is 4.87 Å². The maximum atomic E-state index is 11.2. The molecule has 2 heterocycles. The molecule has 0 saturated carbocycles. The van der Waals surface area contributed by atoms with Gasteiger partial charge in [0.15, 0.2) is 0 Å². The van der Waals surface area contributed by atoms with Crippen LogP contribution in [0, 0.1) is 5.92 Å². The van der Waals surface area contributed by atoms with Crippen molar-refractivity contribution < 1.29 is 0 Å². The zero-order valence-corrected chi connectivity index (χ0v) is 12.1. The fourth-order valence-electron chi connectivity index (χ4n) is 2.47. The van der Waals surface area contributed by atoms with Crippen molar-refractivity contribution in [1.29, 1.82) is 0 Å². The predicted molar refractivity (Wildman–Crippen MR) is 76.1 cm³/mol. The third kappa shape index (κ3) is 3.67. The van der Waals surface area contributed by atoms with Gasteiger partial charge in [-0.15, -0.1) is 0 Å². The van der Waals surface area contributed by atoms with Crippen molar-refractivity contribution in [2.24, 2.45) is 5.92 Å². The van der Waals surface area contributed by atoms with Gasteiger partial charge in [0, 0.05) is 30.2 Å². The first-order valence-corrected chi connectivity index (χ1v) is 7.69. The highest BCUT2D eigenvalue weighted by molar-refractivity contribution is 7.07. The minimum Gasteiger partial charge on any atom is -0.315 e. The summed E-state index contributed by atoms with van der Waals surface area (Å²) in [5, 5.41) is 5.59. The van der Waals surface area contributed by atoms with Gasteiger partial charge < -0.3 is 10.3 Å². The first kappa shape index (κ1) is 13.8. The molecule has 1 aromatic rings. The average Bonchev–Trinajstić information content (AvgIpc) is 2.64. The van der Waals surface area contributed by atoms with Crippen LogP contribution in [0.5, 0.6) is 0 Å². The summed E-state index contributed by atoms with van der Waals surface area (Å²) in [6.45, 7) is 8.72. The molecule has 1 aliphatic heterocycles. The van der Waals surface area contributed by atoms with Gasteiger partial charge in [0.2, 0.25) is 0 Å². The molecule has 1 fully saturated rings. The predicted octanol–water partition coefficient (Wildman–Crippen LogP) is 1.65. The van der Waals surface area contributed by atoms with Gasteiger partial charge in [-0.1, -0.05) is 31.6 Å². The lowest BCUT2D eigenvalue weighted by Crippen LogP contribution is -2.41. The first-order valence-electron chi connectivity index (χ1n) is 6.81. The van der Waals surface area contributed by atoms with E-state index in [0.717, 1.165) is 31.9 Å². The largest absolute Gasteiger partial charge is 0.315 e. The second kappa shape index (κ2) is 6.50. The van der Waals surface area contributed by atoms with E-state index in [-0.39, 0.29) is 4.87 Å². The van der Waals surface area contributed by atoms with E-state index >= 15 is 0 Å². The van der Waals surface area contributed by atoms with Crippen molar-refractivity contribution in [2.45, 2.75) is 39.3 Å². The molecule has 2 unspecified atom stereocenters. The van der Waals surface area contributed by atoms with E-state index in [9.17, 15) is 4.79 Å². The van der Waals surface area contributed by atoms with Crippen LogP contribution < -0.4 is 10.2 Å². The van der Waals surface area contributed by atoms with Crippen LogP contribution in [0.1, 0.15) is 32.4 Å². The molecule has 1 saturated heterocycles. The lowest BCUT2D eigenvalue weighted by molar-refractivity contribution is 0.229. The van der Waals surface area contributed by atoms with Gasteiger partial charge in [-0.05, 0) is 25.4 Å². The molecule has 0 spiro atoms. The standard InChI is InChI=1S/C13H23N3OS/c1-3-10(2)12-8-16(6-4-5-14-12)7-11-9-18-13(17)15-11/h9-10,12,14H,3-8H2,1-2H3,(H,15,17). The summed E-state index contributed by atoms with van der Waals surface area (Å²) in [5.74, 6) is 0.701. The quantitative estimate of drug-likeness (QED) is 0.874. The minimum absolute atomic E-state index is 0.0522. The van der Waals surface area contributed by atoms with Crippen molar-refractivity contribution in [3.8, 4) is 0 Å². The number of hydrogen-bond donors (Lipinski definition) is 2. The third-order valence-electron chi connectivity index (χ3n) is 3.81. The monoisotopic (exact) mass is 269 g/mol. The van der Waals surface area contributed by atoms with Gasteiger partial charge in [0.1, 0.15) is 0 Å². The number of aromatic nitrogens is 1. The normalized spacial score (nSPS) is 23.8. The lowest BCUT2D eigenvalue weighted by Gasteiger charge is -2.27. The zero-order valence-electron chi connectivity index (χ0n) is 11.2. The van der Waals surface area contributed by atoms with Crippen LogP contribution in [0.4, 0.5) is 0 Å². The van der Waals surface area contributed by atoms with E-state index in [4.69, 9.17) is 0 Å². The molecule has 0 aliphatic carbocycles. The van der Waals surface area contributed by atoms with Gasteiger partial charge in [-0.2, -0.15) is 0 Å². The summed E-state index contributed by atoms with van der Waals surface area (Å²) >= 11 is 1.26. The molecule has 2 rings (SSSR count). The molecular weight excluding hydrogens is 246 g/mol. The molecule has 0 bridgehead atoms. The summed E-state index contributed by atoms with van der Waals surface area (Å²) in [6, 6.07) is 0.572. The third-order valence-corrected chi connectivity index (χ3v) is 4.53. The maximum Gasteiger partial charge on any atom is 0.304 e. The number of H-pyrrole nitrogens is 1. The Morgan fingerprint density at radius 2 is 2.44 bits per heavy atom. The highest BCUT2D eigenvalue weighted by Gasteiger charge is 2.21. The summed E-state index contributed by atoms with van der Waals surface area (Å²) in [6.07, 6.45) is 2.39. The summed E-state index contributed by atoms with van der Waals surface area (Å²) in [5.41, 5.74) is 1.05. The first-order chi connectivity index (χ1) is 8.69. The van der Waals surface area contributed by atoms with E-state index in [1.807, 2.05) is 5.38 Å². The van der Waals surface area contributed by atoms with Crippen LogP contribution in [0.25, 0.3) is 0 Å². The van der Waals surface area contributed by atoms with Gasteiger partial charge in [-0.25, -0.2) is 0 Å². The Labute approximate surface area is 112 Å². The zero-order chi connectivity index (χ0) is 13.0. The van der Waals surface area contributed by atoms with E-state index in [1.54, 1.807) is 0 Å². The summed E-state index contributed by atoms with van der Waals surface area (Å²) in [7, 11) is 0. The molecule has 18 heavy (non-hydrogen) atoms. The Morgan fingerprint density at radius 3 is 3.11 bits per heavy atom. The van der Waals surface area contributed by atoms with Crippen molar-refractivity contribution >= 4 is 11.3 Å². The van der Waals surface area contributed by atoms with Crippen molar-refractivity contribution in [2.75, 3.05) is 19.6 Å². The van der Waals surface area contributed by atoms with E-state index < -0.39 is 0 Å². The van der Waals surface area contributed by atoms with Gasteiger partial charge in [-0.3, -0.25) is 9.69 Å². The fourth-order valence-corrected chi connectivity index (χ4v) is 3.04. The molecule has 0 aromatic carbocycles. The number of thiazole rings is 1. The maximum absolute atomic E-state index is 11.2. The molecule has 1 aliphatic rings. The van der Waals surface area contributed by atoms with Crippen molar-refractivity contribution in [1.82, 2.24) is 15.2 Å².